The summed E-state index contributed by atoms with van der Waals surface area (Å²) in [5.41, 5.74) is -1.43. The molecule has 1 aromatic carbocycles. The number of anilines is 1. The molecule has 0 aromatic heterocycles. The molecular formula is C27H36N2O7. The van der Waals surface area contributed by atoms with Gasteiger partial charge in [-0.3, -0.25) is 14.4 Å². The van der Waals surface area contributed by atoms with Crippen LogP contribution in [0.2, 0.25) is 0 Å². The normalized spacial score (nSPS) is 31.2. The highest BCUT2D eigenvalue weighted by molar-refractivity contribution is 6.05. The Kier molecular flexibility index (Phi) is 7.16. The Labute approximate surface area is 212 Å². The fourth-order valence-corrected chi connectivity index (χ4v) is 6.45. The summed E-state index contributed by atoms with van der Waals surface area (Å²) in [6.45, 7) is 9.24. The van der Waals surface area contributed by atoms with Gasteiger partial charge in [0.2, 0.25) is 5.91 Å². The molecule has 0 saturated carbocycles. The molecule has 2 unspecified atom stereocenters. The lowest BCUT2D eigenvalue weighted by atomic mass is 9.65. The third-order valence-corrected chi connectivity index (χ3v) is 8.09. The minimum atomic E-state index is -1.18. The van der Waals surface area contributed by atoms with E-state index < -0.39 is 41.1 Å². The summed E-state index contributed by atoms with van der Waals surface area (Å²) in [5.74, 6) is -2.17. The predicted octanol–water partition coefficient (Wildman–Crippen LogP) is 2.31. The molecule has 3 saturated heterocycles. The van der Waals surface area contributed by atoms with Gasteiger partial charge in [-0.25, -0.2) is 0 Å². The van der Waals surface area contributed by atoms with Gasteiger partial charge in [0.15, 0.2) is 0 Å². The van der Waals surface area contributed by atoms with Gasteiger partial charge in [0.1, 0.15) is 23.3 Å². The van der Waals surface area contributed by atoms with Gasteiger partial charge in [-0.2, -0.15) is 0 Å². The maximum Gasteiger partial charge on any atom is 0.312 e. The van der Waals surface area contributed by atoms with Crippen molar-refractivity contribution in [3.63, 3.8) is 0 Å². The molecule has 1 spiro atoms. The Balaban J connectivity index is 1.82. The number of nitrogens with zero attached hydrogens (tertiary/aromatic N) is 2. The van der Waals surface area contributed by atoms with Crippen molar-refractivity contribution >= 4 is 23.5 Å². The first-order valence-corrected chi connectivity index (χ1v) is 12.6. The summed E-state index contributed by atoms with van der Waals surface area (Å²) in [4.78, 5) is 44.5. The van der Waals surface area contributed by atoms with Crippen LogP contribution in [0.4, 0.5) is 5.69 Å². The smallest absolute Gasteiger partial charge is 0.312 e. The van der Waals surface area contributed by atoms with Gasteiger partial charge in [-0.05, 0) is 57.4 Å². The molecule has 36 heavy (non-hydrogen) atoms. The average Bonchev–Trinajstić information content (AvgIpc) is 3.50. The molecule has 1 N–H and O–H groups in total. The Morgan fingerprint density at radius 2 is 2.00 bits per heavy atom. The quantitative estimate of drug-likeness (QED) is 0.388. The largest absolute Gasteiger partial charge is 0.497 e. The molecule has 3 aliphatic rings. The number of carbonyl (C=O) groups is 3. The number of methoxy groups -OCH3 is 1. The van der Waals surface area contributed by atoms with Gasteiger partial charge in [-0.1, -0.05) is 13.0 Å². The van der Waals surface area contributed by atoms with Crippen LogP contribution in [0.1, 0.15) is 40.0 Å². The van der Waals surface area contributed by atoms with Crippen LogP contribution in [-0.4, -0.2) is 77.9 Å². The van der Waals surface area contributed by atoms with Crippen molar-refractivity contribution in [1.29, 1.82) is 0 Å². The number of aliphatic hydroxyl groups excluding tert-OH is 1. The number of amides is 2. The molecule has 2 bridgehead atoms. The second kappa shape index (κ2) is 9.86. The summed E-state index contributed by atoms with van der Waals surface area (Å²) in [7, 11) is 1.57. The maximum absolute atomic E-state index is 14.4. The van der Waals surface area contributed by atoms with E-state index in [2.05, 4.69) is 6.58 Å². The van der Waals surface area contributed by atoms with Crippen molar-refractivity contribution in [1.82, 2.24) is 4.90 Å². The zero-order valence-corrected chi connectivity index (χ0v) is 21.4. The topological polar surface area (TPSA) is 106 Å². The molecule has 6 atom stereocenters. The second-order valence-electron chi connectivity index (χ2n) is 9.80. The van der Waals surface area contributed by atoms with E-state index in [1.807, 2.05) is 6.92 Å². The van der Waals surface area contributed by atoms with Crippen molar-refractivity contribution in [2.75, 3.05) is 31.8 Å². The first kappa shape index (κ1) is 26.2. The molecule has 3 aliphatic heterocycles. The minimum Gasteiger partial charge on any atom is -0.497 e. The maximum atomic E-state index is 14.4. The predicted molar refractivity (Wildman–Crippen MR) is 132 cm³/mol. The summed E-state index contributed by atoms with van der Waals surface area (Å²) in [6, 6.07) is 5.41. The van der Waals surface area contributed by atoms with Crippen LogP contribution in [0, 0.1) is 11.8 Å². The van der Waals surface area contributed by atoms with E-state index in [0.29, 0.717) is 30.7 Å². The molecule has 4 rings (SSSR count). The van der Waals surface area contributed by atoms with Crippen molar-refractivity contribution in [3.05, 3.63) is 36.9 Å². The third-order valence-electron chi connectivity index (χ3n) is 8.09. The Morgan fingerprint density at radius 3 is 2.56 bits per heavy atom. The zero-order valence-electron chi connectivity index (χ0n) is 21.4. The van der Waals surface area contributed by atoms with Gasteiger partial charge in [0, 0.05) is 12.2 Å². The van der Waals surface area contributed by atoms with E-state index in [4.69, 9.17) is 14.2 Å². The van der Waals surface area contributed by atoms with Crippen molar-refractivity contribution in [2.24, 2.45) is 11.8 Å². The summed E-state index contributed by atoms with van der Waals surface area (Å²) in [6.07, 6.45) is 3.15. The molecule has 0 aliphatic carbocycles. The molecule has 3 fully saturated rings. The van der Waals surface area contributed by atoms with Crippen molar-refractivity contribution in [3.8, 4) is 5.75 Å². The number of hydrogen-bond acceptors (Lipinski definition) is 7. The number of ether oxygens (including phenoxy) is 3. The van der Waals surface area contributed by atoms with E-state index in [-0.39, 0.29) is 31.6 Å². The molecule has 9 nitrogen and oxygen atoms in total. The zero-order chi connectivity index (χ0) is 26.3. The number of carbonyl (C=O) groups excluding carboxylic acids is 3. The first-order valence-electron chi connectivity index (χ1n) is 12.6. The van der Waals surface area contributed by atoms with Gasteiger partial charge in [0.05, 0.1) is 37.9 Å². The van der Waals surface area contributed by atoms with Crippen LogP contribution < -0.4 is 9.64 Å². The number of benzene rings is 1. The van der Waals surface area contributed by atoms with Crippen LogP contribution in [-0.2, 0) is 23.9 Å². The summed E-state index contributed by atoms with van der Waals surface area (Å²) in [5, 5.41) is 10.0. The Hall–Kier alpha value is -2.91. The number of rotatable bonds is 10. The number of esters is 1. The third kappa shape index (κ3) is 3.71. The van der Waals surface area contributed by atoms with E-state index in [1.54, 1.807) is 56.2 Å². The van der Waals surface area contributed by atoms with Gasteiger partial charge < -0.3 is 29.1 Å². The number of likely N-dealkylation sites (tertiary alicyclic amines) is 1. The second-order valence-corrected chi connectivity index (χ2v) is 9.80. The molecular weight excluding hydrogens is 464 g/mol. The number of fused-ring (bicyclic) bond motifs is 1. The lowest BCUT2D eigenvalue weighted by Gasteiger charge is -2.38. The lowest BCUT2D eigenvalue weighted by Crippen LogP contribution is -2.58. The van der Waals surface area contributed by atoms with Crippen LogP contribution in [0.5, 0.6) is 5.75 Å². The minimum absolute atomic E-state index is 0.187. The molecule has 3 heterocycles. The van der Waals surface area contributed by atoms with Gasteiger partial charge in [0.25, 0.3) is 5.91 Å². The van der Waals surface area contributed by atoms with Crippen LogP contribution in [0.3, 0.4) is 0 Å². The number of aliphatic hydroxyl groups is 1. The number of hydrogen-bond donors (Lipinski definition) is 1. The standard InChI is InChI=1S/C27H36N2O7/c1-6-15-28(18-9-11-19(34-5)12-10-18)24(32)22-27-14-13-26(7-2,36-27)21(25(33)35-8-3)20(27)23(31)29(22)17(4)16-30/h6,9-12,17,20-22,30H,1,7-8,13-16H2,2-5H3/t17-,20+,21+,22?,26-,27?/m1/s1. The van der Waals surface area contributed by atoms with Crippen molar-refractivity contribution in [2.45, 2.75) is 63.3 Å². The Bertz CT molecular complexity index is 1030. The molecule has 2 amide bonds. The molecule has 1 aromatic rings. The van der Waals surface area contributed by atoms with E-state index >= 15 is 0 Å². The highest BCUT2D eigenvalue weighted by Gasteiger charge is 2.79. The monoisotopic (exact) mass is 500 g/mol. The van der Waals surface area contributed by atoms with Gasteiger partial charge >= 0.3 is 5.97 Å². The van der Waals surface area contributed by atoms with E-state index in [1.165, 1.54) is 4.90 Å². The SMILES string of the molecule is C=CCN(C(=O)C1N([C@H](C)CO)C(=O)[C@@H]2[C@@H](C(=O)OCC)[C@@]3(CC)CCC12O3)c1ccc(OC)cc1. The Morgan fingerprint density at radius 1 is 1.31 bits per heavy atom. The van der Waals surface area contributed by atoms with Crippen LogP contribution in [0.15, 0.2) is 36.9 Å². The summed E-state index contributed by atoms with van der Waals surface area (Å²) < 4.78 is 17.3. The van der Waals surface area contributed by atoms with Crippen LogP contribution in [0.25, 0.3) is 0 Å². The van der Waals surface area contributed by atoms with E-state index in [9.17, 15) is 19.5 Å². The van der Waals surface area contributed by atoms with Gasteiger partial charge in [-0.15, -0.1) is 6.58 Å². The molecule has 0 radical (unpaired) electrons. The van der Waals surface area contributed by atoms with Crippen LogP contribution >= 0.6 is 0 Å². The molecule has 196 valence electrons. The first-order chi connectivity index (χ1) is 17.2. The lowest BCUT2D eigenvalue weighted by molar-refractivity contribution is -0.161. The summed E-state index contributed by atoms with van der Waals surface area (Å²) >= 11 is 0. The van der Waals surface area contributed by atoms with Crippen molar-refractivity contribution < 1.29 is 33.7 Å². The highest BCUT2D eigenvalue weighted by Crippen LogP contribution is 2.64. The van der Waals surface area contributed by atoms with E-state index in [0.717, 1.165) is 0 Å². The molecule has 9 heteroatoms. The fourth-order valence-electron chi connectivity index (χ4n) is 6.45. The highest BCUT2D eigenvalue weighted by atomic mass is 16.6. The average molecular weight is 501 g/mol. The fraction of sp³-hybridized carbons (Fsp3) is 0.593.